The number of rotatable bonds is 8. The number of hydrogen-bond acceptors (Lipinski definition) is 4. The zero-order chi connectivity index (χ0) is 21.8. The minimum atomic E-state index is -0.110. The Bertz CT molecular complexity index is 813. The summed E-state index contributed by atoms with van der Waals surface area (Å²) in [6.07, 6.45) is 3.07. The molecule has 2 heterocycles. The van der Waals surface area contributed by atoms with Crippen LogP contribution in [-0.4, -0.2) is 36.7 Å². The van der Waals surface area contributed by atoms with Gasteiger partial charge in [0, 0.05) is 19.7 Å². The second kappa shape index (κ2) is 9.52. The highest BCUT2D eigenvalue weighted by Gasteiger charge is 2.43. The number of thiophene rings is 1. The van der Waals surface area contributed by atoms with Crippen LogP contribution in [0.2, 0.25) is 0 Å². The molecule has 30 heavy (non-hydrogen) atoms. The molecule has 5 heteroatoms. The molecule has 1 saturated heterocycles. The van der Waals surface area contributed by atoms with E-state index in [-0.39, 0.29) is 16.9 Å². The van der Waals surface area contributed by atoms with E-state index in [1.165, 1.54) is 11.3 Å². The molecule has 1 aromatic heterocycles. The molecule has 0 saturated carbocycles. The number of carbonyl (C=O) groups is 1. The van der Waals surface area contributed by atoms with Crippen LogP contribution in [0.3, 0.4) is 0 Å². The molecule has 3 rings (SSSR count). The number of ether oxygens (including phenoxy) is 2. The van der Waals surface area contributed by atoms with Gasteiger partial charge in [-0.1, -0.05) is 32.0 Å². The summed E-state index contributed by atoms with van der Waals surface area (Å²) in [6, 6.07) is 11.9. The minimum absolute atomic E-state index is 0.110. The first-order chi connectivity index (χ1) is 14.2. The number of methoxy groups -OCH3 is 1. The van der Waals surface area contributed by atoms with Crippen LogP contribution < -0.4 is 4.74 Å². The van der Waals surface area contributed by atoms with E-state index in [0.717, 1.165) is 48.6 Å². The molecular weight excluding hydrogens is 394 g/mol. The smallest absolute Gasteiger partial charge is 0.264 e. The second-order valence-corrected chi connectivity index (χ2v) is 10.3. The SMILES string of the molecule is COc1ccc(CN(CCC2(C(C)C)CCOC(C)(C)C2)C(=O)c2cccs2)cc1. The molecule has 1 aliphatic rings. The molecule has 0 spiro atoms. The van der Waals surface area contributed by atoms with Gasteiger partial charge in [-0.3, -0.25) is 4.79 Å². The Morgan fingerprint density at radius 1 is 1.23 bits per heavy atom. The fourth-order valence-electron chi connectivity index (χ4n) is 4.63. The van der Waals surface area contributed by atoms with E-state index in [1.54, 1.807) is 7.11 Å². The van der Waals surface area contributed by atoms with Crippen molar-refractivity contribution in [1.82, 2.24) is 4.90 Å². The lowest BCUT2D eigenvalue weighted by Gasteiger charge is -2.48. The summed E-state index contributed by atoms with van der Waals surface area (Å²) in [5, 5.41) is 1.97. The normalized spacial score (nSPS) is 20.9. The van der Waals surface area contributed by atoms with E-state index < -0.39 is 0 Å². The Morgan fingerprint density at radius 3 is 2.53 bits per heavy atom. The summed E-state index contributed by atoms with van der Waals surface area (Å²) < 4.78 is 11.3. The van der Waals surface area contributed by atoms with Crippen molar-refractivity contribution in [3.63, 3.8) is 0 Å². The van der Waals surface area contributed by atoms with Gasteiger partial charge in [0.25, 0.3) is 5.91 Å². The van der Waals surface area contributed by atoms with Crippen molar-refractivity contribution in [1.29, 1.82) is 0 Å². The Labute approximate surface area is 185 Å². The van der Waals surface area contributed by atoms with Crippen molar-refractivity contribution in [3.8, 4) is 5.75 Å². The van der Waals surface area contributed by atoms with Crippen molar-refractivity contribution in [3.05, 3.63) is 52.2 Å². The number of carbonyl (C=O) groups excluding carboxylic acids is 1. The third kappa shape index (κ3) is 5.44. The summed E-state index contributed by atoms with van der Waals surface area (Å²) in [5.41, 5.74) is 1.20. The van der Waals surface area contributed by atoms with E-state index in [0.29, 0.717) is 12.5 Å². The summed E-state index contributed by atoms with van der Waals surface area (Å²) in [5.74, 6) is 1.49. The van der Waals surface area contributed by atoms with Crippen LogP contribution in [0, 0.1) is 11.3 Å². The average molecular weight is 430 g/mol. The average Bonchev–Trinajstić information content (AvgIpc) is 3.25. The Morgan fingerprint density at radius 2 is 1.97 bits per heavy atom. The van der Waals surface area contributed by atoms with Gasteiger partial charge in [0.15, 0.2) is 0 Å². The number of hydrogen-bond donors (Lipinski definition) is 0. The number of nitrogens with zero attached hydrogens (tertiary/aromatic N) is 1. The van der Waals surface area contributed by atoms with Gasteiger partial charge in [-0.15, -0.1) is 11.3 Å². The maximum atomic E-state index is 13.3. The van der Waals surface area contributed by atoms with Gasteiger partial charge >= 0.3 is 0 Å². The topological polar surface area (TPSA) is 38.8 Å². The van der Waals surface area contributed by atoms with Gasteiger partial charge in [-0.05, 0) is 73.6 Å². The summed E-state index contributed by atoms with van der Waals surface area (Å²) in [6.45, 7) is 11.2. The Hall–Kier alpha value is -1.85. The lowest BCUT2D eigenvalue weighted by atomic mass is 9.65. The van der Waals surface area contributed by atoms with E-state index in [4.69, 9.17) is 9.47 Å². The first kappa shape index (κ1) is 22.8. The van der Waals surface area contributed by atoms with Gasteiger partial charge in [-0.2, -0.15) is 0 Å². The third-order valence-corrected chi connectivity index (χ3v) is 7.38. The number of amides is 1. The lowest BCUT2D eigenvalue weighted by Crippen LogP contribution is -2.46. The number of benzene rings is 1. The van der Waals surface area contributed by atoms with E-state index in [2.05, 4.69) is 27.7 Å². The second-order valence-electron chi connectivity index (χ2n) is 9.35. The molecule has 1 atom stereocenters. The van der Waals surface area contributed by atoms with Crippen molar-refractivity contribution >= 4 is 17.2 Å². The zero-order valence-electron chi connectivity index (χ0n) is 18.9. The minimum Gasteiger partial charge on any atom is -0.497 e. The van der Waals surface area contributed by atoms with Crippen LogP contribution in [0.1, 0.15) is 62.2 Å². The van der Waals surface area contributed by atoms with Gasteiger partial charge in [0.05, 0.1) is 17.6 Å². The maximum absolute atomic E-state index is 13.3. The largest absolute Gasteiger partial charge is 0.497 e. The Kier molecular flexibility index (Phi) is 7.25. The van der Waals surface area contributed by atoms with Crippen molar-refractivity contribution in [2.75, 3.05) is 20.3 Å². The molecule has 1 unspecified atom stereocenters. The van der Waals surface area contributed by atoms with Crippen LogP contribution in [0.25, 0.3) is 0 Å². The first-order valence-electron chi connectivity index (χ1n) is 10.8. The van der Waals surface area contributed by atoms with Crippen molar-refractivity contribution < 1.29 is 14.3 Å². The van der Waals surface area contributed by atoms with Crippen LogP contribution in [0.5, 0.6) is 5.75 Å². The van der Waals surface area contributed by atoms with Crippen LogP contribution >= 0.6 is 11.3 Å². The van der Waals surface area contributed by atoms with Gasteiger partial charge in [-0.25, -0.2) is 0 Å². The fourth-order valence-corrected chi connectivity index (χ4v) is 5.32. The molecule has 1 aliphatic heterocycles. The molecule has 164 valence electrons. The molecule has 1 aromatic carbocycles. The van der Waals surface area contributed by atoms with Gasteiger partial charge in [0.2, 0.25) is 0 Å². The molecule has 1 fully saturated rings. The standard InChI is InChI=1S/C25H35NO3S/c1-19(2)25(13-15-29-24(3,4)18-25)12-14-26(23(27)22-7-6-16-30-22)17-20-8-10-21(28-5)11-9-20/h6-11,16,19H,12-15,17-18H2,1-5H3. The molecule has 0 N–H and O–H groups in total. The molecular formula is C25H35NO3S. The van der Waals surface area contributed by atoms with E-state index in [9.17, 15) is 4.79 Å². The summed E-state index contributed by atoms with van der Waals surface area (Å²) in [7, 11) is 1.67. The van der Waals surface area contributed by atoms with Crippen LogP contribution in [-0.2, 0) is 11.3 Å². The molecule has 1 amide bonds. The van der Waals surface area contributed by atoms with Crippen molar-refractivity contribution in [2.45, 2.75) is 59.1 Å². The fraction of sp³-hybridized carbons (Fsp3) is 0.560. The first-order valence-corrected chi connectivity index (χ1v) is 11.7. The third-order valence-electron chi connectivity index (χ3n) is 6.53. The predicted molar refractivity (Wildman–Crippen MR) is 123 cm³/mol. The highest BCUT2D eigenvalue weighted by Crippen LogP contribution is 2.47. The molecule has 0 radical (unpaired) electrons. The zero-order valence-corrected chi connectivity index (χ0v) is 19.8. The predicted octanol–water partition coefficient (Wildman–Crippen LogP) is 6.02. The lowest BCUT2D eigenvalue weighted by molar-refractivity contribution is -0.122. The summed E-state index contributed by atoms with van der Waals surface area (Å²) >= 11 is 1.51. The van der Waals surface area contributed by atoms with E-state index in [1.807, 2.05) is 46.7 Å². The quantitative estimate of drug-likeness (QED) is 0.515. The molecule has 2 aromatic rings. The molecule has 4 nitrogen and oxygen atoms in total. The molecule has 0 aliphatic carbocycles. The Balaban J connectivity index is 1.79. The maximum Gasteiger partial charge on any atom is 0.264 e. The highest BCUT2D eigenvalue weighted by molar-refractivity contribution is 7.12. The van der Waals surface area contributed by atoms with Gasteiger partial charge in [0.1, 0.15) is 5.75 Å². The van der Waals surface area contributed by atoms with Crippen molar-refractivity contribution in [2.24, 2.45) is 11.3 Å². The van der Waals surface area contributed by atoms with Crippen LogP contribution in [0.15, 0.2) is 41.8 Å². The van der Waals surface area contributed by atoms with Gasteiger partial charge < -0.3 is 14.4 Å². The summed E-state index contributed by atoms with van der Waals surface area (Å²) in [4.78, 5) is 16.1. The monoisotopic (exact) mass is 429 g/mol. The molecule has 0 bridgehead atoms. The highest BCUT2D eigenvalue weighted by atomic mass is 32.1. The van der Waals surface area contributed by atoms with E-state index >= 15 is 0 Å². The van der Waals surface area contributed by atoms with Crippen LogP contribution in [0.4, 0.5) is 0 Å².